The molecular weight excluding hydrogens is 332 g/mol. The third-order valence-electron chi connectivity index (χ3n) is 3.12. The van der Waals surface area contributed by atoms with Gasteiger partial charge in [-0.2, -0.15) is 0 Å². The molecule has 1 heterocycles. The first-order valence-corrected chi connectivity index (χ1v) is 7.67. The van der Waals surface area contributed by atoms with Crippen molar-refractivity contribution in [3.05, 3.63) is 58.6 Å². The van der Waals surface area contributed by atoms with Gasteiger partial charge in [0.2, 0.25) is 0 Å². The maximum Gasteiger partial charge on any atom is 0.337 e. The highest BCUT2D eigenvalue weighted by molar-refractivity contribution is 6.29. The Hall–Kier alpha value is -2.38. The molecule has 132 valence electrons. The number of hydrogen-bond donors (Lipinski definition) is 3. The van der Waals surface area contributed by atoms with Gasteiger partial charge in [-0.05, 0) is 18.2 Å². The van der Waals surface area contributed by atoms with Gasteiger partial charge in [-0.1, -0.05) is 29.8 Å². The molecule has 0 saturated carbocycles. The van der Waals surface area contributed by atoms with Crippen molar-refractivity contribution in [2.24, 2.45) is 17.2 Å². The zero-order valence-electron chi connectivity index (χ0n) is 13.6. The Morgan fingerprint density at radius 3 is 2.25 bits per heavy atom. The monoisotopic (exact) mass is 354 g/mol. The lowest BCUT2D eigenvalue weighted by atomic mass is 10.2. The second kappa shape index (κ2) is 10.4. The Kier molecular flexibility index (Phi) is 8.53. The molecule has 0 aromatic heterocycles. The van der Waals surface area contributed by atoms with Gasteiger partial charge >= 0.3 is 5.97 Å². The van der Waals surface area contributed by atoms with Gasteiger partial charge in [0.05, 0.1) is 31.6 Å². The third kappa shape index (κ3) is 6.80. The molecule has 1 aliphatic heterocycles. The predicted molar refractivity (Wildman–Crippen MR) is 93.7 cm³/mol. The van der Waals surface area contributed by atoms with Gasteiger partial charge in [0, 0.05) is 13.1 Å². The van der Waals surface area contributed by atoms with Crippen LogP contribution in [0, 0.1) is 0 Å². The third-order valence-corrected chi connectivity index (χ3v) is 3.23. The highest BCUT2D eigenvalue weighted by Gasteiger charge is 2.14. The largest absolute Gasteiger partial charge is 0.465 e. The lowest BCUT2D eigenvalue weighted by Crippen LogP contribution is -2.37. The number of hydrogen-bond acceptors (Lipinski definition) is 7. The molecule has 1 aromatic rings. The smallest absolute Gasteiger partial charge is 0.337 e. The summed E-state index contributed by atoms with van der Waals surface area (Å²) in [7, 11) is 1.37. The molecule has 1 saturated heterocycles. The molecule has 1 aromatic carbocycles. The number of nitrogens with two attached hydrogens (primary N) is 3. The molecule has 0 bridgehead atoms. The summed E-state index contributed by atoms with van der Waals surface area (Å²) in [6, 6.07) is 8.88. The lowest BCUT2D eigenvalue weighted by Gasteiger charge is -2.30. The molecule has 0 radical (unpaired) electrons. The van der Waals surface area contributed by atoms with Crippen molar-refractivity contribution in [3.8, 4) is 0 Å². The number of esters is 1. The second-order valence-electron chi connectivity index (χ2n) is 4.83. The van der Waals surface area contributed by atoms with Crippen LogP contribution >= 0.6 is 11.6 Å². The van der Waals surface area contributed by atoms with Gasteiger partial charge in [-0.15, -0.1) is 0 Å². The molecule has 24 heavy (non-hydrogen) atoms. The fourth-order valence-corrected chi connectivity index (χ4v) is 2.09. The normalized spacial score (nSPS) is 14.2. The Labute approximate surface area is 146 Å². The number of carbonyl (C=O) groups excluding carboxylic acids is 1. The molecule has 0 atom stereocenters. The lowest BCUT2D eigenvalue weighted by molar-refractivity contribution is 0.0548. The molecule has 0 amide bonds. The van der Waals surface area contributed by atoms with Gasteiger partial charge < -0.3 is 31.6 Å². The summed E-state index contributed by atoms with van der Waals surface area (Å²) in [5, 5.41) is 0.167. The van der Waals surface area contributed by atoms with E-state index in [4.69, 9.17) is 33.5 Å². The van der Waals surface area contributed by atoms with Crippen LogP contribution in [0.2, 0.25) is 0 Å². The van der Waals surface area contributed by atoms with Gasteiger partial charge in [0.15, 0.2) is 0 Å². The number of allylic oxidation sites excluding steroid dienone is 1. The first kappa shape index (κ1) is 19.7. The minimum atomic E-state index is -0.291. The Bertz CT molecular complexity index is 576. The molecule has 0 aliphatic carbocycles. The van der Waals surface area contributed by atoms with Crippen LogP contribution < -0.4 is 17.2 Å². The number of benzene rings is 1. The predicted octanol–water partition coefficient (Wildman–Crippen LogP) is 0.917. The minimum absolute atomic E-state index is 0.167. The van der Waals surface area contributed by atoms with E-state index in [2.05, 4.69) is 4.74 Å². The average Bonchev–Trinajstić information content (AvgIpc) is 2.60. The van der Waals surface area contributed by atoms with Crippen LogP contribution in [0.15, 0.2) is 53.1 Å². The van der Waals surface area contributed by atoms with E-state index in [-0.39, 0.29) is 16.9 Å². The van der Waals surface area contributed by atoms with Crippen LogP contribution in [-0.4, -0.2) is 44.3 Å². The highest BCUT2D eigenvalue weighted by atomic mass is 35.5. The molecule has 1 fully saturated rings. The van der Waals surface area contributed by atoms with Crippen LogP contribution in [0.1, 0.15) is 10.4 Å². The van der Waals surface area contributed by atoms with Crippen molar-refractivity contribution in [2.45, 2.75) is 0 Å². The van der Waals surface area contributed by atoms with Crippen LogP contribution in [0.3, 0.4) is 0 Å². The molecule has 8 heteroatoms. The molecule has 0 spiro atoms. The number of morpholine rings is 1. The summed E-state index contributed by atoms with van der Waals surface area (Å²) < 4.78 is 9.70. The molecule has 6 N–H and O–H groups in total. The van der Waals surface area contributed by atoms with Crippen LogP contribution in [0.5, 0.6) is 0 Å². The zero-order valence-corrected chi connectivity index (χ0v) is 14.3. The summed E-state index contributed by atoms with van der Waals surface area (Å²) in [4.78, 5) is 12.8. The number of ether oxygens (including phenoxy) is 2. The minimum Gasteiger partial charge on any atom is -0.465 e. The number of methoxy groups -OCH3 is 1. The van der Waals surface area contributed by atoms with E-state index in [9.17, 15) is 4.79 Å². The fraction of sp³-hybridized carbons (Fsp3) is 0.312. The highest BCUT2D eigenvalue weighted by Crippen LogP contribution is 2.11. The van der Waals surface area contributed by atoms with Crippen LogP contribution in [0.25, 0.3) is 0 Å². The zero-order chi connectivity index (χ0) is 17.9. The van der Waals surface area contributed by atoms with Crippen molar-refractivity contribution < 1.29 is 14.3 Å². The van der Waals surface area contributed by atoms with Crippen molar-refractivity contribution in [1.82, 2.24) is 4.90 Å². The maximum absolute atomic E-state index is 10.8. The average molecular weight is 355 g/mol. The summed E-state index contributed by atoms with van der Waals surface area (Å²) >= 11 is 5.57. The van der Waals surface area contributed by atoms with E-state index in [1.165, 1.54) is 7.11 Å². The molecule has 1 aliphatic rings. The first-order chi connectivity index (χ1) is 11.5. The Balaban J connectivity index is 0.000000254. The quantitative estimate of drug-likeness (QED) is 0.419. The summed E-state index contributed by atoms with van der Waals surface area (Å²) in [5.74, 6) is -0.0731. The van der Waals surface area contributed by atoms with E-state index in [0.29, 0.717) is 24.5 Å². The van der Waals surface area contributed by atoms with Crippen LogP contribution in [0.4, 0.5) is 0 Å². The Morgan fingerprint density at radius 2 is 1.79 bits per heavy atom. The molecule has 7 nitrogen and oxygen atoms in total. The molecule has 0 unspecified atom stereocenters. The van der Waals surface area contributed by atoms with Gasteiger partial charge in [0.25, 0.3) is 0 Å². The van der Waals surface area contributed by atoms with Gasteiger partial charge in [0.1, 0.15) is 11.0 Å². The Morgan fingerprint density at radius 1 is 1.21 bits per heavy atom. The van der Waals surface area contributed by atoms with Crippen molar-refractivity contribution in [2.75, 3.05) is 33.4 Å². The fourth-order valence-electron chi connectivity index (χ4n) is 1.98. The van der Waals surface area contributed by atoms with Gasteiger partial charge in [-0.25, -0.2) is 4.79 Å². The van der Waals surface area contributed by atoms with Crippen molar-refractivity contribution in [1.29, 1.82) is 0 Å². The summed E-state index contributed by atoms with van der Waals surface area (Å²) in [6.45, 7) is 2.81. The summed E-state index contributed by atoms with van der Waals surface area (Å²) in [6.07, 6.45) is 1.56. The van der Waals surface area contributed by atoms with Crippen molar-refractivity contribution >= 4 is 17.6 Å². The van der Waals surface area contributed by atoms with Crippen LogP contribution in [-0.2, 0) is 9.47 Å². The molecule has 2 rings (SSSR count). The standard InChI is InChI=1S/C8H15ClN4O.C8H8O2/c9-7(10)5-6(8(11)12)13-1-3-14-4-2-13;1-10-8(9)7-5-3-2-4-6-7/h5H,1-4,10-12H2;2-6H,1H3/b7-5-;. The van der Waals surface area contributed by atoms with E-state index in [0.717, 1.165) is 13.1 Å². The maximum atomic E-state index is 10.8. The first-order valence-electron chi connectivity index (χ1n) is 7.29. The number of carbonyl (C=O) groups is 1. The van der Waals surface area contributed by atoms with Crippen molar-refractivity contribution in [3.63, 3.8) is 0 Å². The SMILES string of the molecule is COC(=O)c1ccccc1.NC(N)=C(/C=C(\N)Cl)N1CCOCC1. The van der Waals surface area contributed by atoms with E-state index < -0.39 is 0 Å². The molecular formula is C16H23ClN4O3. The number of nitrogens with zero attached hydrogens (tertiary/aromatic N) is 1. The summed E-state index contributed by atoms with van der Waals surface area (Å²) in [5.41, 5.74) is 17.7. The number of halogens is 1. The number of rotatable bonds is 3. The topological polar surface area (TPSA) is 117 Å². The van der Waals surface area contributed by atoms with E-state index in [1.54, 1.807) is 30.3 Å². The van der Waals surface area contributed by atoms with E-state index >= 15 is 0 Å². The van der Waals surface area contributed by atoms with Gasteiger partial charge in [-0.3, -0.25) is 0 Å². The van der Waals surface area contributed by atoms with E-state index in [1.807, 2.05) is 11.0 Å². The second-order valence-corrected chi connectivity index (χ2v) is 5.26.